The quantitative estimate of drug-likeness (QED) is 0.714. The predicted molar refractivity (Wildman–Crippen MR) is 56.1 cm³/mol. The Morgan fingerprint density at radius 2 is 2.00 bits per heavy atom. The van der Waals surface area contributed by atoms with Crippen molar-refractivity contribution in [3.63, 3.8) is 0 Å². The van der Waals surface area contributed by atoms with Crippen LogP contribution in [0.4, 0.5) is 4.79 Å². The van der Waals surface area contributed by atoms with Gasteiger partial charge in [-0.25, -0.2) is 4.79 Å². The molecule has 2 N–H and O–H groups in total. The number of hydrogen-bond acceptors (Lipinski definition) is 4. The third-order valence-electron chi connectivity index (χ3n) is 1.89. The van der Waals surface area contributed by atoms with E-state index in [1.165, 1.54) is 0 Å². The maximum absolute atomic E-state index is 10.2. The van der Waals surface area contributed by atoms with Gasteiger partial charge in [0, 0.05) is 0 Å². The lowest BCUT2D eigenvalue weighted by atomic mass is 10.2. The number of aliphatic hydroxyl groups is 1. The Hall–Kier alpha value is -1.59. The molecule has 0 aliphatic carbocycles. The van der Waals surface area contributed by atoms with Crippen molar-refractivity contribution in [3.05, 3.63) is 35.9 Å². The highest BCUT2D eigenvalue weighted by Gasteiger charge is 2.12. The molecule has 5 heteroatoms. The first-order valence-electron chi connectivity index (χ1n) is 4.84. The van der Waals surface area contributed by atoms with Crippen LogP contribution in [0.3, 0.4) is 0 Å². The van der Waals surface area contributed by atoms with E-state index in [0.29, 0.717) is 6.61 Å². The van der Waals surface area contributed by atoms with E-state index >= 15 is 0 Å². The molecule has 0 saturated carbocycles. The molecule has 0 spiro atoms. The Kier molecular flexibility index (Phi) is 5.31. The van der Waals surface area contributed by atoms with Crippen molar-refractivity contribution in [2.24, 2.45) is 0 Å². The number of carbonyl (C=O) groups is 1. The topological polar surface area (TPSA) is 76.0 Å². The summed E-state index contributed by atoms with van der Waals surface area (Å²) in [6.45, 7) is 0.0130. The van der Waals surface area contributed by atoms with Crippen LogP contribution in [-0.4, -0.2) is 35.7 Å². The molecule has 88 valence electrons. The minimum Gasteiger partial charge on any atom is -0.450 e. The lowest BCUT2D eigenvalue weighted by Crippen LogP contribution is -2.26. The predicted octanol–water partition coefficient (Wildman–Crippen LogP) is 1.26. The fraction of sp³-hybridized carbons (Fsp3) is 0.364. The maximum Gasteiger partial charge on any atom is 0.506 e. The Morgan fingerprint density at radius 1 is 1.31 bits per heavy atom. The third-order valence-corrected chi connectivity index (χ3v) is 1.89. The number of ether oxygens (including phenoxy) is 2. The van der Waals surface area contributed by atoms with E-state index < -0.39 is 12.3 Å². The van der Waals surface area contributed by atoms with Crippen molar-refractivity contribution in [2.75, 3.05) is 13.2 Å². The normalized spacial score (nSPS) is 12.1. The minimum atomic E-state index is -1.41. The fourth-order valence-corrected chi connectivity index (χ4v) is 1.15. The summed E-state index contributed by atoms with van der Waals surface area (Å²) in [5, 5.41) is 17.1. The maximum atomic E-state index is 10.2. The molecular weight excluding hydrogens is 212 g/mol. The van der Waals surface area contributed by atoms with Gasteiger partial charge in [0.05, 0.1) is 19.8 Å². The first kappa shape index (κ1) is 12.5. The van der Waals surface area contributed by atoms with Gasteiger partial charge in [0.1, 0.15) is 0 Å². The van der Waals surface area contributed by atoms with Crippen LogP contribution in [0.25, 0.3) is 0 Å². The molecule has 0 heterocycles. The van der Waals surface area contributed by atoms with E-state index in [1.807, 2.05) is 30.3 Å². The summed E-state index contributed by atoms with van der Waals surface area (Å²) >= 11 is 0. The zero-order valence-electron chi connectivity index (χ0n) is 8.70. The molecule has 1 unspecified atom stereocenters. The minimum absolute atomic E-state index is 0.0394. The molecule has 0 fully saturated rings. The SMILES string of the molecule is O=C(O)OC(CO)COCc1ccccc1. The Bertz CT molecular complexity index is 311. The van der Waals surface area contributed by atoms with E-state index in [-0.39, 0.29) is 13.2 Å². The second kappa shape index (κ2) is 6.81. The molecule has 1 atom stereocenters. The average Bonchev–Trinajstić information content (AvgIpc) is 2.28. The molecule has 0 aliphatic heterocycles. The van der Waals surface area contributed by atoms with Gasteiger partial charge >= 0.3 is 6.16 Å². The van der Waals surface area contributed by atoms with Gasteiger partial charge in [-0.3, -0.25) is 0 Å². The van der Waals surface area contributed by atoms with Gasteiger partial charge in [0.2, 0.25) is 0 Å². The van der Waals surface area contributed by atoms with Crippen LogP contribution in [0.5, 0.6) is 0 Å². The summed E-state index contributed by atoms with van der Waals surface area (Å²) in [4.78, 5) is 10.2. The molecular formula is C11H14O5. The van der Waals surface area contributed by atoms with Gasteiger partial charge in [0.15, 0.2) is 6.10 Å². The van der Waals surface area contributed by atoms with Gasteiger partial charge in [-0.15, -0.1) is 0 Å². The van der Waals surface area contributed by atoms with Crippen LogP contribution in [-0.2, 0) is 16.1 Å². The van der Waals surface area contributed by atoms with Crippen molar-refractivity contribution in [1.29, 1.82) is 0 Å². The third kappa shape index (κ3) is 4.77. The largest absolute Gasteiger partial charge is 0.506 e. The summed E-state index contributed by atoms with van der Waals surface area (Å²) in [5.74, 6) is 0. The molecule has 0 amide bonds. The number of hydrogen-bond donors (Lipinski definition) is 2. The zero-order chi connectivity index (χ0) is 11.8. The van der Waals surface area contributed by atoms with Crippen LogP contribution in [0.1, 0.15) is 5.56 Å². The number of aliphatic hydroxyl groups excluding tert-OH is 1. The van der Waals surface area contributed by atoms with Crippen LogP contribution in [0, 0.1) is 0 Å². The van der Waals surface area contributed by atoms with E-state index in [1.54, 1.807) is 0 Å². The molecule has 1 aromatic rings. The number of carboxylic acid groups (broad SMARTS) is 1. The van der Waals surface area contributed by atoms with Crippen molar-refractivity contribution in [1.82, 2.24) is 0 Å². The molecule has 0 bridgehead atoms. The van der Waals surface area contributed by atoms with Gasteiger partial charge in [-0.2, -0.15) is 0 Å². The number of benzene rings is 1. The lowest BCUT2D eigenvalue weighted by Gasteiger charge is -2.13. The second-order valence-corrected chi connectivity index (χ2v) is 3.19. The zero-order valence-corrected chi connectivity index (χ0v) is 8.70. The molecule has 1 rings (SSSR count). The second-order valence-electron chi connectivity index (χ2n) is 3.19. The van der Waals surface area contributed by atoms with Crippen LogP contribution < -0.4 is 0 Å². The first-order chi connectivity index (χ1) is 7.72. The lowest BCUT2D eigenvalue weighted by molar-refractivity contribution is -0.0289. The molecule has 0 radical (unpaired) electrons. The average molecular weight is 226 g/mol. The fourth-order valence-electron chi connectivity index (χ4n) is 1.15. The summed E-state index contributed by atoms with van der Waals surface area (Å²) in [6, 6.07) is 9.46. The summed E-state index contributed by atoms with van der Waals surface area (Å²) in [7, 11) is 0. The van der Waals surface area contributed by atoms with E-state index in [9.17, 15) is 4.79 Å². The van der Waals surface area contributed by atoms with Crippen molar-refractivity contribution >= 4 is 6.16 Å². The molecule has 0 saturated heterocycles. The van der Waals surface area contributed by atoms with Gasteiger partial charge < -0.3 is 19.7 Å². The smallest absolute Gasteiger partial charge is 0.450 e. The van der Waals surface area contributed by atoms with E-state index in [4.69, 9.17) is 14.9 Å². The van der Waals surface area contributed by atoms with E-state index in [0.717, 1.165) is 5.56 Å². The van der Waals surface area contributed by atoms with E-state index in [2.05, 4.69) is 4.74 Å². The highest BCUT2D eigenvalue weighted by Crippen LogP contribution is 2.02. The Labute approximate surface area is 93.2 Å². The van der Waals surface area contributed by atoms with Crippen LogP contribution >= 0.6 is 0 Å². The Morgan fingerprint density at radius 3 is 2.56 bits per heavy atom. The highest BCUT2D eigenvalue weighted by molar-refractivity contribution is 5.57. The van der Waals surface area contributed by atoms with Crippen molar-refractivity contribution in [3.8, 4) is 0 Å². The van der Waals surface area contributed by atoms with Gasteiger partial charge in [-0.05, 0) is 5.56 Å². The summed E-state index contributed by atoms with van der Waals surface area (Å²) in [6.07, 6.45) is -2.25. The molecule has 5 nitrogen and oxygen atoms in total. The molecule has 0 aliphatic rings. The van der Waals surface area contributed by atoms with Crippen LogP contribution in [0.15, 0.2) is 30.3 Å². The highest BCUT2D eigenvalue weighted by atomic mass is 16.7. The summed E-state index contributed by atoms with van der Waals surface area (Å²) < 4.78 is 9.60. The van der Waals surface area contributed by atoms with Crippen LogP contribution in [0.2, 0.25) is 0 Å². The standard InChI is InChI=1S/C11H14O5/c12-6-10(16-11(13)14)8-15-7-9-4-2-1-3-5-9/h1-5,10,12H,6-8H2,(H,13,14). The molecule has 0 aromatic heterocycles. The van der Waals surface area contributed by atoms with Crippen molar-refractivity contribution < 1.29 is 24.5 Å². The Balaban J connectivity index is 2.26. The van der Waals surface area contributed by atoms with Gasteiger partial charge in [0.25, 0.3) is 0 Å². The number of rotatable bonds is 6. The molecule has 1 aromatic carbocycles. The first-order valence-corrected chi connectivity index (χ1v) is 4.84. The van der Waals surface area contributed by atoms with Gasteiger partial charge in [-0.1, -0.05) is 30.3 Å². The molecule has 16 heavy (non-hydrogen) atoms. The summed E-state index contributed by atoms with van der Waals surface area (Å²) in [5.41, 5.74) is 0.981. The monoisotopic (exact) mass is 226 g/mol. The van der Waals surface area contributed by atoms with Crippen molar-refractivity contribution in [2.45, 2.75) is 12.7 Å².